The van der Waals surface area contributed by atoms with E-state index in [9.17, 15) is 0 Å². The molecule has 0 atom stereocenters. The van der Waals surface area contributed by atoms with Gasteiger partial charge < -0.3 is 9.73 Å². The molecule has 1 N–H and O–H groups in total. The fourth-order valence-electron chi connectivity index (χ4n) is 2.94. The lowest BCUT2D eigenvalue weighted by atomic mass is 9.97. The van der Waals surface area contributed by atoms with Crippen LogP contribution in [0, 0.1) is 0 Å². The Morgan fingerprint density at radius 3 is 2.33 bits per heavy atom. The van der Waals surface area contributed by atoms with E-state index in [2.05, 4.69) is 80.0 Å². The first-order chi connectivity index (χ1) is 13.3. The van der Waals surface area contributed by atoms with E-state index in [0.717, 1.165) is 16.6 Å². The van der Waals surface area contributed by atoms with Crippen LogP contribution in [0.4, 0.5) is 11.7 Å². The van der Waals surface area contributed by atoms with E-state index in [4.69, 9.17) is 4.42 Å². The standard InChI is InChI=1S/C22H18BrN3O/c23-18-11-13-19(14-12-18)24-22-26-25-21(27-22)15-10-17-8-4-5-9-20(17)16-6-2-1-3-7-16/h1-9,11-14H,10,15H2,(H,24,26). The third-order valence-corrected chi connectivity index (χ3v) is 4.80. The second-order valence-electron chi connectivity index (χ2n) is 6.16. The van der Waals surface area contributed by atoms with Gasteiger partial charge in [0.15, 0.2) is 0 Å². The number of nitrogens with one attached hydrogen (secondary N) is 1. The highest BCUT2D eigenvalue weighted by molar-refractivity contribution is 9.10. The highest BCUT2D eigenvalue weighted by atomic mass is 79.9. The lowest BCUT2D eigenvalue weighted by molar-refractivity contribution is 0.507. The van der Waals surface area contributed by atoms with E-state index < -0.39 is 0 Å². The molecule has 0 spiro atoms. The number of nitrogens with zero attached hydrogens (tertiary/aromatic N) is 2. The molecule has 0 aliphatic heterocycles. The van der Waals surface area contributed by atoms with Crippen LogP contribution in [-0.4, -0.2) is 10.2 Å². The van der Waals surface area contributed by atoms with Crippen LogP contribution in [0.1, 0.15) is 11.5 Å². The van der Waals surface area contributed by atoms with Crippen molar-refractivity contribution >= 4 is 27.6 Å². The van der Waals surface area contributed by atoms with E-state index in [1.165, 1.54) is 16.7 Å². The molecule has 0 unspecified atom stereocenters. The molecule has 1 aromatic heterocycles. The number of hydrogen-bond acceptors (Lipinski definition) is 4. The summed E-state index contributed by atoms with van der Waals surface area (Å²) >= 11 is 3.42. The van der Waals surface area contributed by atoms with E-state index >= 15 is 0 Å². The molecule has 4 nitrogen and oxygen atoms in total. The van der Waals surface area contributed by atoms with Crippen molar-refractivity contribution < 1.29 is 4.42 Å². The third kappa shape index (κ3) is 4.44. The smallest absolute Gasteiger partial charge is 0.320 e. The zero-order chi connectivity index (χ0) is 18.5. The Labute approximate surface area is 166 Å². The van der Waals surface area contributed by atoms with Crippen molar-refractivity contribution in [1.82, 2.24) is 10.2 Å². The van der Waals surface area contributed by atoms with Crippen molar-refractivity contribution in [2.24, 2.45) is 0 Å². The summed E-state index contributed by atoms with van der Waals surface area (Å²) in [5.41, 5.74) is 4.63. The molecule has 0 amide bonds. The molecule has 134 valence electrons. The van der Waals surface area contributed by atoms with Crippen LogP contribution in [0.5, 0.6) is 0 Å². The van der Waals surface area contributed by atoms with Gasteiger partial charge in [0.05, 0.1) is 0 Å². The molecule has 4 rings (SSSR count). The van der Waals surface area contributed by atoms with Gasteiger partial charge >= 0.3 is 6.01 Å². The predicted octanol–water partition coefficient (Wildman–Crippen LogP) is 6.03. The van der Waals surface area contributed by atoms with Crippen molar-refractivity contribution in [3.63, 3.8) is 0 Å². The number of halogens is 1. The highest BCUT2D eigenvalue weighted by Crippen LogP contribution is 2.25. The lowest BCUT2D eigenvalue weighted by Gasteiger charge is -2.08. The number of rotatable bonds is 6. The number of benzene rings is 3. The summed E-state index contributed by atoms with van der Waals surface area (Å²) in [7, 11) is 0. The van der Waals surface area contributed by atoms with Gasteiger partial charge in [0.2, 0.25) is 5.89 Å². The Balaban J connectivity index is 1.44. The van der Waals surface area contributed by atoms with Crippen LogP contribution in [0.15, 0.2) is 87.8 Å². The Kier molecular flexibility index (Phi) is 5.30. The van der Waals surface area contributed by atoms with Gasteiger partial charge in [-0.2, -0.15) is 0 Å². The largest absolute Gasteiger partial charge is 0.408 e. The SMILES string of the molecule is Brc1ccc(Nc2nnc(CCc3ccccc3-c3ccccc3)o2)cc1. The summed E-state index contributed by atoms with van der Waals surface area (Å²) in [6.07, 6.45) is 1.53. The van der Waals surface area contributed by atoms with Crippen molar-refractivity contribution in [1.29, 1.82) is 0 Å². The van der Waals surface area contributed by atoms with Crippen LogP contribution in [0.3, 0.4) is 0 Å². The second-order valence-corrected chi connectivity index (χ2v) is 7.07. The first kappa shape index (κ1) is 17.5. The van der Waals surface area contributed by atoms with Crippen LogP contribution in [0.25, 0.3) is 11.1 Å². The minimum Gasteiger partial charge on any atom is -0.408 e. The molecule has 5 heteroatoms. The molecule has 0 radical (unpaired) electrons. The van der Waals surface area contributed by atoms with Crippen LogP contribution >= 0.6 is 15.9 Å². The fraction of sp³-hybridized carbons (Fsp3) is 0.0909. The van der Waals surface area contributed by atoms with Gasteiger partial charge in [0.25, 0.3) is 0 Å². The second kappa shape index (κ2) is 8.18. The summed E-state index contributed by atoms with van der Waals surface area (Å²) < 4.78 is 6.76. The van der Waals surface area contributed by atoms with Crippen molar-refractivity contribution in [2.45, 2.75) is 12.8 Å². The van der Waals surface area contributed by atoms with E-state index in [-0.39, 0.29) is 0 Å². The molecule has 0 saturated carbocycles. The quantitative estimate of drug-likeness (QED) is 0.414. The van der Waals surface area contributed by atoms with Gasteiger partial charge in [0, 0.05) is 16.6 Å². The summed E-state index contributed by atoms with van der Waals surface area (Å²) in [6, 6.07) is 27.1. The molecule has 27 heavy (non-hydrogen) atoms. The number of aryl methyl sites for hydroxylation is 2. The zero-order valence-electron chi connectivity index (χ0n) is 14.6. The highest BCUT2D eigenvalue weighted by Gasteiger charge is 2.09. The minimum atomic E-state index is 0.406. The van der Waals surface area contributed by atoms with E-state index in [0.29, 0.717) is 18.3 Å². The third-order valence-electron chi connectivity index (χ3n) is 4.27. The molecule has 0 bridgehead atoms. The topological polar surface area (TPSA) is 51.0 Å². The average Bonchev–Trinajstić information content (AvgIpc) is 3.16. The zero-order valence-corrected chi connectivity index (χ0v) is 16.2. The molecule has 4 aromatic rings. The fourth-order valence-corrected chi connectivity index (χ4v) is 3.21. The van der Waals surface area contributed by atoms with Gasteiger partial charge in [-0.15, -0.1) is 5.10 Å². The normalized spacial score (nSPS) is 10.7. The van der Waals surface area contributed by atoms with Crippen LogP contribution < -0.4 is 5.32 Å². The maximum absolute atomic E-state index is 5.74. The van der Waals surface area contributed by atoms with Gasteiger partial charge in [-0.1, -0.05) is 75.6 Å². The van der Waals surface area contributed by atoms with Crippen LogP contribution in [0.2, 0.25) is 0 Å². The van der Waals surface area contributed by atoms with Gasteiger partial charge in [-0.3, -0.25) is 0 Å². The Bertz CT molecular complexity index is 1010. The molecule has 0 fully saturated rings. The maximum Gasteiger partial charge on any atom is 0.320 e. The van der Waals surface area contributed by atoms with Gasteiger partial charge in [-0.05, 0) is 47.4 Å². The molecular weight excluding hydrogens is 402 g/mol. The Morgan fingerprint density at radius 2 is 1.52 bits per heavy atom. The molecule has 0 aliphatic carbocycles. The van der Waals surface area contributed by atoms with Gasteiger partial charge in [-0.25, -0.2) is 0 Å². The van der Waals surface area contributed by atoms with Crippen molar-refractivity contribution in [3.05, 3.63) is 94.8 Å². The molecule has 1 heterocycles. The summed E-state index contributed by atoms with van der Waals surface area (Å²) in [5, 5.41) is 11.4. The summed E-state index contributed by atoms with van der Waals surface area (Å²) in [5.74, 6) is 0.623. The number of anilines is 2. The predicted molar refractivity (Wildman–Crippen MR) is 111 cm³/mol. The van der Waals surface area contributed by atoms with E-state index in [1.807, 2.05) is 30.3 Å². The lowest BCUT2D eigenvalue weighted by Crippen LogP contribution is -1.94. The summed E-state index contributed by atoms with van der Waals surface area (Å²) in [4.78, 5) is 0. The van der Waals surface area contributed by atoms with Gasteiger partial charge in [0.1, 0.15) is 0 Å². The molecule has 0 aliphatic rings. The van der Waals surface area contributed by atoms with Crippen molar-refractivity contribution in [3.8, 4) is 11.1 Å². The molecular formula is C22H18BrN3O. The summed E-state index contributed by atoms with van der Waals surface area (Å²) in [6.45, 7) is 0. The number of aromatic nitrogens is 2. The Hall–Kier alpha value is -2.92. The number of hydrogen-bond donors (Lipinski definition) is 1. The molecule has 3 aromatic carbocycles. The first-order valence-corrected chi connectivity index (χ1v) is 9.55. The minimum absolute atomic E-state index is 0.406. The van der Waals surface area contributed by atoms with Crippen molar-refractivity contribution in [2.75, 3.05) is 5.32 Å². The average molecular weight is 420 g/mol. The van der Waals surface area contributed by atoms with E-state index in [1.54, 1.807) is 0 Å². The maximum atomic E-state index is 5.74. The molecule has 0 saturated heterocycles. The Morgan fingerprint density at radius 1 is 0.778 bits per heavy atom. The monoisotopic (exact) mass is 419 g/mol. The first-order valence-electron chi connectivity index (χ1n) is 8.76. The van der Waals surface area contributed by atoms with Crippen LogP contribution in [-0.2, 0) is 12.8 Å².